The summed E-state index contributed by atoms with van der Waals surface area (Å²) in [6.45, 7) is 6.56. The molecule has 1 aromatic rings. The fraction of sp³-hybridized carbons (Fsp3) is 0.824. The molecule has 3 rings (SSSR count). The molecule has 4 heteroatoms. The van der Waals surface area contributed by atoms with Crippen LogP contribution in [0.4, 0.5) is 0 Å². The molecule has 3 atom stereocenters. The van der Waals surface area contributed by atoms with Gasteiger partial charge in [0.2, 0.25) is 0 Å². The number of aliphatic hydroxyl groups is 1. The smallest absolute Gasteiger partial charge is 0.0951 e. The number of aromatic nitrogens is 2. The van der Waals surface area contributed by atoms with Gasteiger partial charge in [0, 0.05) is 30.7 Å². The van der Waals surface area contributed by atoms with Crippen LogP contribution in [-0.4, -0.2) is 38.2 Å². The van der Waals surface area contributed by atoms with Gasteiger partial charge in [-0.1, -0.05) is 12.8 Å². The van der Waals surface area contributed by atoms with Crippen LogP contribution in [0.3, 0.4) is 0 Å². The van der Waals surface area contributed by atoms with E-state index in [9.17, 15) is 5.11 Å². The Kier molecular flexibility index (Phi) is 4.65. The lowest BCUT2D eigenvalue weighted by atomic mass is 9.87. The van der Waals surface area contributed by atoms with Crippen LogP contribution in [0.25, 0.3) is 0 Å². The number of rotatable bonds is 4. The quantitative estimate of drug-likeness (QED) is 0.927. The second-order valence-corrected chi connectivity index (χ2v) is 7.08. The van der Waals surface area contributed by atoms with Crippen LogP contribution in [-0.2, 0) is 6.54 Å². The fourth-order valence-electron chi connectivity index (χ4n) is 4.24. The van der Waals surface area contributed by atoms with Crippen LogP contribution in [0, 0.1) is 5.92 Å². The van der Waals surface area contributed by atoms with Crippen LogP contribution in [0.1, 0.15) is 64.1 Å². The highest BCUT2D eigenvalue weighted by Crippen LogP contribution is 2.35. The number of imidazole rings is 1. The first kappa shape index (κ1) is 15.0. The molecule has 0 bridgehead atoms. The number of hydrogen-bond acceptors (Lipinski definition) is 3. The van der Waals surface area contributed by atoms with Gasteiger partial charge in [-0.05, 0) is 46.1 Å². The van der Waals surface area contributed by atoms with E-state index in [0.717, 1.165) is 19.5 Å². The summed E-state index contributed by atoms with van der Waals surface area (Å²) in [6.07, 6.45) is 11.1. The molecule has 1 saturated heterocycles. The molecule has 0 aromatic carbocycles. The summed E-state index contributed by atoms with van der Waals surface area (Å²) in [5.41, 5.74) is 1.31. The normalized spacial score (nSPS) is 31.1. The van der Waals surface area contributed by atoms with Crippen molar-refractivity contribution in [2.75, 3.05) is 6.54 Å². The van der Waals surface area contributed by atoms with Crippen molar-refractivity contribution in [3.8, 4) is 0 Å². The Labute approximate surface area is 128 Å². The van der Waals surface area contributed by atoms with E-state index in [2.05, 4.69) is 28.3 Å². The Morgan fingerprint density at radius 3 is 2.81 bits per heavy atom. The van der Waals surface area contributed by atoms with Gasteiger partial charge in [0.1, 0.15) is 0 Å². The molecule has 1 aromatic heterocycles. The molecule has 21 heavy (non-hydrogen) atoms. The minimum atomic E-state index is -0.0781. The zero-order valence-corrected chi connectivity index (χ0v) is 13.4. The largest absolute Gasteiger partial charge is 0.393 e. The van der Waals surface area contributed by atoms with Gasteiger partial charge in [-0.25, -0.2) is 4.98 Å². The fourth-order valence-corrected chi connectivity index (χ4v) is 4.24. The van der Waals surface area contributed by atoms with E-state index in [-0.39, 0.29) is 6.10 Å². The van der Waals surface area contributed by atoms with Crippen molar-refractivity contribution < 1.29 is 5.11 Å². The van der Waals surface area contributed by atoms with Crippen LogP contribution < -0.4 is 0 Å². The van der Waals surface area contributed by atoms with Gasteiger partial charge in [0.25, 0.3) is 0 Å². The molecule has 1 N–H and O–H groups in total. The second kappa shape index (κ2) is 6.49. The van der Waals surface area contributed by atoms with Crippen molar-refractivity contribution >= 4 is 0 Å². The van der Waals surface area contributed by atoms with Gasteiger partial charge in [-0.2, -0.15) is 0 Å². The molecule has 1 aliphatic heterocycles. The molecule has 4 nitrogen and oxygen atoms in total. The van der Waals surface area contributed by atoms with Crippen molar-refractivity contribution in [1.82, 2.24) is 14.5 Å². The first-order chi connectivity index (χ1) is 10.2. The lowest BCUT2D eigenvalue weighted by molar-refractivity contribution is 0.0300. The molecule has 0 radical (unpaired) electrons. The predicted octanol–water partition coefficient (Wildman–Crippen LogP) is 2.98. The molecule has 2 fully saturated rings. The van der Waals surface area contributed by atoms with Gasteiger partial charge in [-0.3, -0.25) is 4.90 Å². The van der Waals surface area contributed by atoms with Crippen LogP contribution in [0.15, 0.2) is 12.5 Å². The lowest BCUT2D eigenvalue weighted by Crippen LogP contribution is -2.46. The third-order valence-corrected chi connectivity index (χ3v) is 5.36. The van der Waals surface area contributed by atoms with Crippen molar-refractivity contribution in [3.05, 3.63) is 18.2 Å². The summed E-state index contributed by atoms with van der Waals surface area (Å²) in [7, 11) is 0. The van der Waals surface area contributed by atoms with Gasteiger partial charge in [0.05, 0.1) is 18.1 Å². The number of likely N-dealkylation sites (tertiary alicyclic amines) is 1. The first-order valence-electron chi connectivity index (χ1n) is 8.59. The van der Waals surface area contributed by atoms with Gasteiger partial charge >= 0.3 is 0 Å². The number of nitrogens with zero attached hydrogens (tertiary/aromatic N) is 3. The molecule has 118 valence electrons. The predicted molar refractivity (Wildman–Crippen MR) is 84.0 cm³/mol. The third kappa shape index (κ3) is 3.16. The van der Waals surface area contributed by atoms with E-state index in [4.69, 9.17) is 0 Å². The maximum absolute atomic E-state index is 10.3. The summed E-state index contributed by atoms with van der Waals surface area (Å²) in [6, 6.07) is 1.02. The molecular formula is C17H29N3O. The summed E-state index contributed by atoms with van der Waals surface area (Å²) in [5.74, 6) is 0.487. The molecule has 1 aliphatic carbocycles. The molecule has 2 aliphatic rings. The Balaban J connectivity index is 1.73. The van der Waals surface area contributed by atoms with Crippen molar-refractivity contribution in [3.63, 3.8) is 0 Å². The maximum atomic E-state index is 10.3. The Bertz CT molecular complexity index is 457. The van der Waals surface area contributed by atoms with Gasteiger partial charge in [0.15, 0.2) is 0 Å². The van der Waals surface area contributed by atoms with E-state index in [0.29, 0.717) is 18.0 Å². The van der Waals surface area contributed by atoms with Crippen molar-refractivity contribution in [2.24, 2.45) is 5.92 Å². The molecule has 0 amide bonds. The zero-order chi connectivity index (χ0) is 14.8. The SMILES string of the molecule is CC(C)n1cncc1CN1CCCCC1C1CCCC1O. The lowest BCUT2D eigenvalue weighted by Gasteiger charge is -2.40. The summed E-state index contributed by atoms with van der Waals surface area (Å²) in [5, 5.41) is 10.3. The van der Waals surface area contributed by atoms with Crippen LogP contribution >= 0.6 is 0 Å². The monoisotopic (exact) mass is 291 g/mol. The Hall–Kier alpha value is -0.870. The molecule has 1 saturated carbocycles. The van der Waals surface area contributed by atoms with E-state index in [1.807, 2.05) is 12.5 Å². The van der Waals surface area contributed by atoms with Crippen LogP contribution in [0.2, 0.25) is 0 Å². The van der Waals surface area contributed by atoms with E-state index in [1.54, 1.807) is 0 Å². The van der Waals surface area contributed by atoms with Crippen LogP contribution in [0.5, 0.6) is 0 Å². The first-order valence-corrected chi connectivity index (χ1v) is 8.59. The topological polar surface area (TPSA) is 41.3 Å². The average Bonchev–Trinajstić information content (AvgIpc) is 3.08. The molecular weight excluding hydrogens is 262 g/mol. The number of aliphatic hydroxyl groups excluding tert-OH is 1. The summed E-state index contributed by atoms with van der Waals surface area (Å²) < 4.78 is 2.27. The highest BCUT2D eigenvalue weighted by molar-refractivity contribution is 5.02. The minimum Gasteiger partial charge on any atom is -0.393 e. The Morgan fingerprint density at radius 2 is 2.10 bits per heavy atom. The van der Waals surface area contributed by atoms with Crippen molar-refractivity contribution in [2.45, 2.75) is 77.1 Å². The second-order valence-electron chi connectivity index (χ2n) is 7.08. The average molecular weight is 291 g/mol. The Morgan fingerprint density at radius 1 is 1.24 bits per heavy atom. The van der Waals surface area contributed by atoms with E-state index >= 15 is 0 Å². The number of hydrogen-bond donors (Lipinski definition) is 1. The summed E-state index contributed by atoms with van der Waals surface area (Å²) in [4.78, 5) is 6.94. The highest BCUT2D eigenvalue weighted by Gasteiger charge is 2.37. The van der Waals surface area contributed by atoms with Gasteiger partial charge < -0.3 is 9.67 Å². The van der Waals surface area contributed by atoms with E-state index in [1.165, 1.54) is 37.8 Å². The summed E-state index contributed by atoms with van der Waals surface area (Å²) >= 11 is 0. The minimum absolute atomic E-state index is 0.0781. The molecule has 3 unspecified atom stereocenters. The molecule has 0 spiro atoms. The third-order valence-electron chi connectivity index (χ3n) is 5.36. The van der Waals surface area contributed by atoms with E-state index < -0.39 is 0 Å². The van der Waals surface area contributed by atoms with Gasteiger partial charge in [-0.15, -0.1) is 0 Å². The maximum Gasteiger partial charge on any atom is 0.0951 e. The highest BCUT2D eigenvalue weighted by atomic mass is 16.3. The molecule has 2 heterocycles. The number of piperidine rings is 1. The van der Waals surface area contributed by atoms with Crippen molar-refractivity contribution in [1.29, 1.82) is 0 Å². The standard InChI is InChI=1S/C17H29N3O/c1-13(2)20-12-18-10-14(20)11-19-9-4-3-7-16(19)15-6-5-8-17(15)21/h10,12-13,15-17,21H,3-9,11H2,1-2H3. The zero-order valence-electron chi connectivity index (χ0n) is 13.4.